The Balaban J connectivity index is 2.55. The van der Waals surface area contributed by atoms with Crippen LogP contribution in [-0.2, 0) is 0 Å². The molecular formula is C15H16BrClN2. The number of aromatic nitrogens is 2. The number of benzene rings is 1. The molecule has 1 aromatic heterocycles. The van der Waals surface area contributed by atoms with Gasteiger partial charge in [-0.2, -0.15) is 0 Å². The maximum atomic E-state index is 6.29. The van der Waals surface area contributed by atoms with E-state index in [1.54, 1.807) is 0 Å². The molecule has 4 heteroatoms. The number of rotatable bonds is 2. The summed E-state index contributed by atoms with van der Waals surface area (Å²) in [7, 11) is 0. The van der Waals surface area contributed by atoms with Gasteiger partial charge in [-0.1, -0.05) is 53.5 Å². The lowest BCUT2D eigenvalue weighted by Gasteiger charge is -2.12. The summed E-state index contributed by atoms with van der Waals surface area (Å²) in [6.45, 7) is 8.23. The van der Waals surface area contributed by atoms with Gasteiger partial charge < -0.3 is 0 Å². The third kappa shape index (κ3) is 2.98. The number of hydrogen-bond donors (Lipinski definition) is 0. The maximum absolute atomic E-state index is 6.29. The van der Waals surface area contributed by atoms with Gasteiger partial charge >= 0.3 is 0 Å². The molecule has 2 nitrogen and oxygen atoms in total. The van der Waals surface area contributed by atoms with Crippen LogP contribution in [-0.4, -0.2) is 9.97 Å². The van der Waals surface area contributed by atoms with Gasteiger partial charge in [-0.25, -0.2) is 9.97 Å². The Morgan fingerprint density at radius 2 is 1.84 bits per heavy atom. The average Bonchev–Trinajstić information content (AvgIpc) is 2.31. The smallest absolute Gasteiger partial charge is 0.161 e. The second-order valence-corrected chi connectivity index (χ2v) is 6.17. The van der Waals surface area contributed by atoms with Crippen LogP contribution in [0.15, 0.2) is 22.7 Å². The lowest BCUT2D eigenvalue weighted by atomic mass is 10.0. The Bertz CT molecular complexity index is 601. The first-order valence-corrected chi connectivity index (χ1v) is 7.37. The molecule has 0 spiro atoms. The molecule has 0 unspecified atom stereocenters. The standard InChI is InChI=1S/C15H16BrClN2/c1-8(2)13-10(4)18-15(19-14(13)17)11-6-5-9(3)12(16)7-11/h5-8H,1-4H3. The Kier molecular flexibility index (Phi) is 4.26. The van der Waals surface area contributed by atoms with E-state index in [4.69, 9.17) is 11.6 Å². The molecule has 0 aliphatic carbocycles. The molecule has 0 bridgehead atoms. The Morgan fingerprint density at radius 1 is 1.16 bits per heavy atom. The van der Waals surface area contributed by atoms with Gasteiger partial charge in [0.15, 0.2) is 5.82 Å². The highest BCUT2D eigenvalue weighted by Gasteiger charge is 2.14. The molecule has 0 fully saturated rings. The molecule has 1 heterocycles. The molecule has 2 rings (SSSR count). The van der Waals surface area contributed by atoms with Gasteiger partial charge in [0.2, 0.25) is 0 Å². The Labute approximate surface area is 127 Å². The fourth-order valence-electron chi connectivity index (χ4n) is 2.06. The fourth-order valence-corrected chi connectivity index (χ4v) is 2.88. The van der Waals surface area contributed by atoms with Gasteiger partial charge in [-0.05, 0) is 31.4 Å². The van der Waals surface area contributed by atoms with E-state index in [9.17, 15) is 0 Å². The average molecular weight is 340 g/mol. The molecular weight excluding hydrogens is 324 g/mol. The normalized spacial score (nSPS) is 11.1. The zero-order chi connectivity index (χ0) is 14.2. The minimum absolute atomic E-state index is 0.325. The Hall–Kier alpha value is -0.930. The maximum Gasteiger partial charge on any atom is 0.161 e. The second kappa shape index (κ2) is 5.59. The molecule has 0 N–H and O–H groups in total. The van der Waals surface area contributed by atoms with Crippen molar-refractivity contribution in [2.24, 2.45) is 0 Å². The summed E-state index contributed by atoms with van der Waals surface area (Å²) < 4.78 is 1.05. The van der Waals surface area contributed by atoms with Crippen molar-refractivity contribution in [3.8, 4) is 11.4 Å². The third-order valence-electron chi connectivity index (χ3n) is 3.10. The first-order valence-electron chi connectivity index (χ1n) is 6.20. The summed E-state index contributed by atoms with van der Waals surface area (Å²) in [4.78, 5) is 9.01. The van der Waals surface area contributed by atoms with Crippen LogP contribution >= 0.6 is 27.5 Å². The van der Waals surface area contributed by atoms with E-state index in [-0.39, 0.29) is 0 Å². The summed E-state index contributed by atoms with van der Waals surface area (Å²) >= 11 is 9.82. The molecule has 0 saturated carbocycles. The van der Waals surface area contributed by atoms with E-state index in [1.165, 1.54) is 5.56 Å². The topological polar surface area (TPSA) is 25.8 Å². The molecule has 0 radical (unpaired) electrons. The first-order chi connectivity index (χ1) is 8.90. The van der Waals surface area contributed by atoms with E-state index < -0.39 is 0 Å². The molecule has 0 aliphatic heterocycles. The van der Waals surface area contributed by atoms with E-state index in [1.807, 2.05) is 25.1 Å². The van der Waals surface area contributed by atoms with Crippen molar-refractivity contribution in [3.63, 3.8) is 0 Å². The second-order valence-electron chi connectivity index (χ2n) is 4.96. The molecule has 1 aromatic carbocycles. The molecule has 0 aliphatic rings. The Morgan fingerprint density at radius 3 is 2.37 bits per heavy atom. The van der Waals surface area contributed by atoms with E-state index in [0.717, 1.165) is 21.3 Å². The van der Waals surface area contributed by atoms with Crippen LogP contribution in [0.5, 0.6) is 0 Å². The number of nitrogens with zero attached hydrogens (tertiary/aromatic N) is 2. The van der Waals surface area contributed by atoms with Crippen LogP contribution in [0.2, 0.25) is 5.15 Å². The molecule has 0 saturated heterocycles. The number of halogens is 2. The van der Waals surface area contributed by atoms with E-state index in [2.05, 4.69) is 46.7 Å². The monoisotopic (exact) mass is 338 g/mol. The zero-order valence-corrected chi connectivity index (χ0v) is 13.8. The lowest BCUT2D eigenvalue weighted by molar-refractivity contribution is 0.831. The first kappa shape index (κ1) is 14.5. The highest BCUT2D eigenvalue weighted by molar-refractivity contribution is 9.10. The SMILES string of the molecule is Cc1ccc(-c2nc(C)c(C(C)C)c(Cl)n2)cc1Br. The zero-order valence-electron chi connectivity index (χ0n) is 11.5. The van der Waals surface area contributed by atoms with Crippen molar-refractivity contribution < 1.29 is 0 Å². The number of hydrogen-bond acceptors (Lipinski definition) is 2. The molecule has 0 amide bonds. The van der Waals surface area contributed by atoms with Gasteiger partial charge in [-0.3, -0.25) is 0 Å². The van der Waals surface area contributed by atoms with E-state index in [0.29, 0.717) is 16.9 Å². The molecule has 0 atom stereocenters. The van der Waals surface area contributed by atoms with Crippen LogP contribution in [0.3, 0.4) is 0 Å². The van der Waals surface area contributed by atoms with Crippen LogP contribution < -0.4 is 0 Å². The summed E-state index contributed by atoms with van der Waals surface area (Å²) in [5.74, 6) is 0.999. The van der Waals surface area contributed by atoms with Crippen LogP contribution in [0.1, 0.15) is 36.6 Å². The summed E-state index contributed by atoms with van der Waals surface area (Å²) in [5.41, 5.74) is 4.13. The van der Waals surface area contributed by atoms with Gasteiger partial charge in [0.1, 0.15) is 5.15 Å². The van der Waals surface area contributed by atoms with Crippen molar-refractivity contribution in [2.45, 2.75) is 33.6 Å². The van der Waals surface area contributed by atoms with Gasteiger partial charge in [0.05, 0.1) is 0 Å². The van der Waals surface area contributed by atoms with Crippen molar-refractivity contribution >= 4 is 27.5 Å². The highest BCUT2D eigenvalue weighted by atomic mass is 79.9. The minimum atomic E-state index is 0.325. The third-order valence-corrected chi connectivity index (χ3v) is 4.24. The van der Waals surface area contributed by atoms with Gasteiger partial charge in [0.25, 0.3) is 0 Å². The number of aryl methyl sites for hydroxylation is 2. The summed E-state index contributed by atoms with van der Waals surface area (Å²) in [5, 5.41) is 0.550. The van der Waals surface area contributed by atoms with Crippen LogP contribution in [0.25, 0.3) is 11.4 Å². The molecule has 19 heavy (non-hydrogen) atoms. The van der Waals surface area contributed by atoms with Gasteiger partial charge in [0, 0.05) is 21.3 Å². The lowest BCUT2D eigenvalue weighted by Crippen LogP contribution is -2.02. The predicted molar refractivity (Wildman–Crippen MR) is 83.7 cm³/mol. The largest absolute Gasteiger partial charge is 0.233 e. The molecule has 2 aromatic rings. The van der Waals surface area contributed by atoms with Crippen molar-refractivity contribution in [1.82, 2.24) is 9.97 Å². The van der Waals surface area contributed by atoms with E-state index >= 15 is 0 Å². The summed E-state index contributed by atoms with van der Waals surface area (Å²) in [6, 6.07) is 6.08. The van der Waals surface area contributed by atoms with Crippen molar-refractivity contribution in [2.75, 3.05) is 0 Å². The summed E-state index contributed by atoms with van der Waals surface area (Å²) in [6.07, 6.45) is 0. The van der Waals surface area contributed by atoms with Crippen molar-refractivity contribution in [3.05, 3.63) is 44.6 Å². The van der Waals surface area contributed by atoms with Gasteiger partial charge in [-0.15, -0.1) is 0 Å². The predicted octanol–water partition coefficient (Wildman–Crippen LogP) is 5.30. The van der Waals surface area contributed by atoms with Crippen molar-refractivity contribution in [1.29, 1.82) is 0 Å². The van der Waals surface area contributed by atoms with Crippen LogP contribution in [0.4, 0.5) is 0 Å². The van der Waals surface area contributed by atoms with Crippen LogP contribution in [0, 0.1) is 13.8 Å². The fraction of sp³-hybridized carbons (Fsp3) is 0.333. The quantitative estimate of drug-likeness (QED) is 0.694. The molecule has 100 valence electrons. The minimum Gasteiger partial charge on any atom is -0.233 e. The highest BCUT2D eigenvalue weighted by Crippen LogP contribution is 2.29.